The number of nitrogens with zero attached hydrogens (tertiary/aromatic N) is 2. The van der Waals surface area contributed by atoms with Gasteiger partial charge in [0, 0.05) is 20.1 Å². The van der Waals surface area contributed by atoms with Gasteiger partial charge in [-0.2, -0.15) is 5.26 Å². The van der Waals surface area contributed by atoms with Crippen LogP contribution in [0.2, 0.25) is 0 Å². The van der Waals surface area contributed by atoms with Gasteiger partial charge < -0.3 is 21.1 Å². The standard InChI is InChI=1S/C14H20N4O2S/c1-8(19)9-3-5-18(6-4-9)14-11(13(20)17-2)12(16)10(7-15)21-14/h8-9,19H,3-6,16H2,1-2H3,(H,17,20). The molecule has 1 unspecified atom stereocenters. The number of aliphatic hydroxyl groups is 1. The van der Waals surface area contributed by atoms with Crippen molar-refractivity contribution in [1.82, 2.24) is 5.32 Å². The average Bonchev–Trinajstić information content (AvgIpc) is 2.83. The van der Waals surface area contributed by atoms with Gasteiger partial charge in [-0.05, 0) is 25.7 Å². The zero-order chi connectivity index (χ0) is 15.6. The average molecular weight is 308 g/mol. The minimum absolute atomic E-state index is 0.259. The van der Waals surface area contributed by atoms with E-state index in [9.17, 15) is 9.90 Å². The molecule has 4 N–H and O–H groups in total. The zero-order valence-electron chi connectivity index (χ0n) is 12.2. The molecule has 21 heavy (non-hydrogen) atoms. The van der Waals surface area contributed by atoms with Gasteiger partial charge >= 0.3 is 0 Å². The Bertz CT molecular complexity index is 568. The third kappa shape index (κ3) is 2.96. The lowest BCUT2D eigenvalue weighted by molar-refractivity contribution is 0.0963. The Balaban J connectivity index is 2.28. The maximum Gasteiger partial charge on any atom is 0.256 e. The van der Waals surface area contributed by atoms with Crippen LogP contribution in [0.15, 0.2) is 0 Å². The minimum Gasteiger partial charge on any atom is -0.396 e. The van der Waals surface area contributed by atoms with Crippen molar-refractivity contribution < 1.29 is 9.90 Å². The van der Waals surface area contributed by atoms with E-state index < -0.39 is 0 Å². The molecular formula is C14H20N4O2S. The summed E-state index contributed by atoms with van der Waals surface area (Å²) in [5.74, 6) is 0.0235. The Hall–Kier alpha value is -1.78. The van der Waals surface area contributed by atoms with Crippen LogP contribution in [0.3, 0.4) is 0 Å². The van der Waals surface area contributed by atoms with Gasteiger partial charge in [0.05, 0.1) is 17.4 Å². The van der Waals surface area contributed by atoms with Crippen molar-refractivity contribution in [3.63, 3.8) is 0 Å². The fourth-order valence-electron chi connectivity index (χ4n) is 2.67. The van der Waals surface area contributed by atoms with E-state index in [2.05, 4.69) is 10.2 Å². The summed E-state index contributed by atoms with van der Waals surface area (Å²) in [7, 11) is 1.55. The number of carbonyl (C=O) groups is 1. The van der Waals surface area contributed by atoms with Crippen LogP contribution in [0.4, 0.5) is 10.7 Å². The van der Waals surface area contributed by atoms with Crippen LogP contribution in [-0.2, 0) is 0 Å². The molecule has 1 atom stereocenters. The lowest BCUT2D eigenvalue weighted by Gasteiger charge is -2.34. The van der Waals surface area contributed by atoms with Gasteiger partial charge in [0.1, 0.15) is 15.9 Å². The first-order chi connectivity index (χ1) is 9.99. The van der Waals surface area contributed by atoms with Crippen LogP contribution < -0.4 is 16.0 Å². The van der Waals surface area contributed by atoms with E-state index in [1.165, 1.54) is 11.3 Å². The molecule has 114 valence electrons. The quantitative estimate of drug-likeness (QED) is 0.777. The Labute approximate surface area is 128 Å². The van der Waals surface area contributed by atoms with Gasteiger partial charge in [0.2, 0.25) is 0 Å². The highest BCUT2D eigenvalue weighted by atomic mass is 32.1. The van der Waals surface area contributed by atoms with Gasteiger partial charge in [-0.1, -0.05) is 0 Å². The number of anilines is 2. The second-order valence-corrected chi connectivity index (χ2v) is 6.28. The van der Waals surface area contributed by atoms with Gasteiger partial charge in [-0.25, -0.2) is 0 Å². The molecule has 0 radical (unpaired) electrons. The Morgan fingerprint density at radius 3 is 2.67 bits per heavy atom. The summed E-state index contributed by atoms with van der Waals surface area (Å²) >= 11 is 1.26. The molecule has 1 aliphatic rings. The zero-order valence-corrected chi connectivity index (χ0v) is 13.0. The number of hydrogen-bond acceptors (Lipinski definition) is 6. The summed E-state index contributed by atoms with van der Waals surface area (Å²) in [6.07, 6.45) is 1.42. The molecule has 1 amide bonds. The topological polar surface area (TPSA) is 102 Å². The van der Waals surface area contributed by atoms with Crippen molar-refractivity contribution in [3.05, 3.63) is 10.4 Å². The number of amides is 1. The number of thiophene rings is 1. The number of nitriles is 1. The van der Waals surface area contributed by atoms with Crippen LogP contribution in [0.5, 0.6) is 0 Å². The second kappa shape index (κ2) is 6.33. The van der Waals surface area contributed by atoms with E-state index in [-0.39, 0.29) is 23.6 Å². The predicted molar refractivity (Wildman–Crippen MR) is 83.5 cm³/mol. The summed E-state index contributed by atoms with van der Waals surface area (Å²) in [6, 6.07) is 2.05. The van der Waals surface area contributed by atoms with Crippen LogP contribution >= 0.6 is 11.3 Å². The molecule has 0 bridgehead atoms. The molecule has 2 heterocycles. The SMILES string of the molecule is CNC(=O)c1c(N2CCC(C(C)O)CC2)sc(C#N)c1N. The van der Waals surface area contributed by atoms with Gasteiger partial charge in [-0.15, -0.1) is 11.3 Å². The van der Waals surface area contributed by atoms with Crippen molar-refractivity contribution >= 4 is 27.9 Å². The molecule has 1 aliphatic heterocycles. The smallest absolute Gasteiger partial charge is 0.256 e. The molecule has 7 heteroatoms. The molecule has 1 aromatic heterocycles. The van der Waals surface area contributed by atoms with E-state index in [0.29, 0.717) is 10.4 Å². The number of nitrogen functional groups attached to an aromatic ring is 1. The van der Waals surface area contributed by atoms with Crippen LogP contribution in [-0.4, -0.2) is 37.3 Å². The molecule has 0 spiro atoms. The molecule has 1 saturated heterocycles. The highest BCUT2D eigenvalue weighted by molar-refractivity contribution is 7.17. The summed E-state index contributed by atoms with van der Waals surface area (Å²) in [5.41, 5.74) is 6.59. The molecular weight excluding hydrogens is 288 g/mol. The third-order valence-electron chi connectivity index (χ3n) is 3.99. The molecule has 6 nitrogen and oxygen atoms in total. The fraction of sp³-hybridized carbons (Fsp3) is 0.571. The number of rotatable bonds is 3. The number of aliphatic hydroxyl groups excluding tert-OH is 1. The Morgan fingerprint density at radius 1 is 1.57 bits per heavy atom. The van der Waals surface area contributed by atoms with Gasteiger partial charge in [-0.3, -0.25) is 4.79 Å². The Kier molecular flexibility index (Phi) is 4.70. The molecule has 1 fully saturated rings. The van der Waals surface area contributed by atoms with Crippen LogP contribution in [0, 0.1) is 17.2 Å². The second-order valence-electron chi connectivity index (χ2n) is 5.28. The Morgan fingerprint density at radius 2 is 2.19 bits per heavy atom. The van der Waals surface area contributed by atoms with Gasteiger partial charge in [0.25, 0.3) is 5.91 Å². The molecule has 0 saturated carbocycles. The van der Waals surface area contributed by atoms with Gasteiger partial charge in [0.15, 0.2) is 0 Å². The highest BCUT2D eigenvalue weighted by Crippen LogP contribution is 2.39. The first-order valence-corrected chi connectivity index (χ1v) is 7.78. The summed E-state index contributed by atoms with van der Waals surface area (Å²) < 4.78 is 0. The van der Waals surface area contributed by atoms with Crippen LogP contribution in [0.25, 0.3) is 0 Å². The number of piperidine rings is 1. The van der Waals surface area contributed by atoms with Crippen molar-refractivity contribution in [2.45, 2.75) is 25.9 Å². The molecule has 2 rings (SSSR count). The van der Waals surface area contributed by atoms with E-state index in [4.69, 9.17) is 11.0 Å². The first kappa shape index (κ1) is 15.6. The molecule has 0 aromatic carbocycles. The number of hydrogen-bond donors (Lipinski definition) is 3. The minimum atomic E-state index is -0.311. The van der Waals surface area contributed by atoms with Crippen molar-refractivity contribution in [3.8, 4) is 6.07 Å². The largest absolute Gasteiger partial charge is 0.396 e. The number of carbonyl (C=O) groups excluding carboxylic acids is 1. The predicted octanol–water partition coefficient (Wildman–Crippen LogP) is 1.16. The third-order valence-corrected chi connectivity index (χ3v) is 5.16. The normalized spacial score (nSPS) is 17.3. The van der Waals surface area contributed by atoms with Crippen LogP contribution in [0.1, 0.15) is 35.0 Å². The molecule has 0 aliphatic carbocycles. The number of nitrogens with one attached hydrogen (secondary N) is 1. The van der Waals surface area contributed by atoms with E-state index in [1.807, 2.05) is 13.0 Å². The fourth-order valence-corrected chi connectivity index (χ4v) is 3.73. The van der Waals surface area contributed by atoms with Crippen molar-refractivity contribution in [2.75, 3.05) is 30.8 Å². The molecule has 1 aromatic rings. The highest BCUT2D eigenvalue weighted by Gasteiger charge is 2.29. The maximum atomic E-state index is 12.0. The number of nitrogens with two attached hydrogens (primary N) is 1. The summed E-state index contributed by atoms with van der Waals surface area (Å²) in [5, 5.41) is 22.1. The summed E-state index contributed by atoms with van der Waals surface area (Å²) in [4.78, 5) is 14.5. The van der Waals surface area contributed by atoms with Crippen molar-refractivity contribution in [2.24, 2.45) is 5.92 Å². The van der Waals surface area contributed by atoms with E-state index in [0.717, 1.165) is 30.9 Å². The lowest BCUT2D eigenvalue weighted by atomic mass is 9.92. The monoisotopic (exact) mass is 308 g/mol. The van der Waals surface area contributed by atoms with Crippen molar-refractivity contribution in [1.29, 1.82) is 5.26 Å². The lowest BCUT2D eigenvalue weighted by Crippen LogP contribution is -2.37. The van der Waals surface area contributed by atoms with E-state index >= 15 is 0 Å². The van der Waals surface area contributed by atoms with E-state index in [1.54, 1.807) is 7.05 Å². The summed E-state index contributed by atoms with van der Waals surface area (Å²) in [6.45, 7) is 3.32. The first-order valence-electron chi connectivity index (χ1n) is 6.97. The maximum absolute atomic E-state index is 12.0.